The van der Waals surface area contributed by atoms with E-state index in [0.29, 0.717) is 6.04 Å². The van der Waals surface area contributed by atoms with Crippen molar-refractivity contribution >= 4 is 5.82 Å². The number of rotatable bonds is 4. The Morgan fingerprint density at radius 1 is 1.40 bits per heavy atom. The molecule has 2 unspecified atom stereocenters. The maximum absolute atomic E-state index is 5.77. The van der Waals surface area contributed by atoms with E-state index >= 15 is 0 Å². The first-order valence-electron chi connectivity index (χ1n) is 5.50. The van der Waals surface area contributed by atoms with Gasteiger partial charge < -0.3 is 10.6 Å². The Morgan fingerprint density at radius 3 is 2.47 bits per heavy atom. The predicted molar refractivity (Wildman–Crippen MR) is 65.0 cm³/mol. The van der Waals surface area contributed by atoms with Crippen molar-refractivity contribution in [1.29, 1.82) is 0 Å². The molecule has 1 rings (SSSR count). The molecule has 0 aliphatic heterocycles. The molecule has 1 aromatic heterocycles. The van der Waals surface area contributed by atoms with Crippen LogP contribution in [-0.2, 0) is 0 Å². The SMILES string of the molecule is CCC(C)N(C)c1ccc(C(C)N)cn1. The molecule has 1 heterocycles. The first-order chi connectivity index (χ1) is 7.06. The Balaban J connectivity index is 2.79. The molecule has 0 aliphatic carbocycles. The van der Waals surface area contributed by atoms with Crippen molar-refractivity contribution in [3.8, 4) is 0 Å². The van der Waals surface area contributed by atoms with Gasteiger partial charge in [0, 0.05) is 25.3 Å². The molecular formula is C12H21N3. The third kappa shape index (κ3) is 2.93. The van der Waals surface area contributed by atoms with Crippen LogP contribution in [0.2, 0.25) is 0 Å². The van der Waals surface area contributed by atoms with Gasteiger partial charge in [-0.2, -0.15) is 0 Å². The van der Waals surface area contributed by atoms with Crippen molar-refractivity contribution in [3.05, 3.63) is 23.9 Å². The van der Waals surface area contributed by atoms with Gasteiger partial charge in [0.2, 0.25) is 0 Å². The van der Waals surface area contributed by atoms with Crippen molar-refractivity contribution in [1.82, 2.24) is 4.98 Å². The van der Waals surface area contributed by atoms with Crippen molar-refractivity contribution in [2.24, 2.45) is 5.73 Å². The van der Waals surface area contributed by atoms with Crippen LogP contribution >= 0.6 is 0 Å². The molecule has 0 bridgehead atoms. The lowest BCUT2D eigenvalue weighted by Crippen LogP contribution is -2.28. The highest BCUT2D eigenvalue weighted by molar-refractivity contribution is 5.39. The molecule has 0 amide bonds. The molecule has 0 radical (unpaired) electrons. The smallest absolute Gasteiger partial charge is 0.128 e. The highest BCUT2D eigenvalue weighted by Gasteiger charge is 2.09. The third-order valence-electron chi connectivity index (χ3n) is 2.91. The number of anilines is 1. The summed E-state index contributed by atoms with van der Waals surface area (Å²) in [5.41, 5.74) is 6.85. The van der Waals surface area contributed by atoms with Crippen LogP contribution in [0.3, 0.4) is 0 Å². The monoisotopic (exact) mass is 207 g/mol. The maximum Gasteiger partial charge on any atom is 0.128 e. The summed E-state index contributed by atoms with van der Waals surface area (Å²) in [4.78, 5) is 6.60. The lowest BCUT2D eigenvalue weighted by atomic mass is 10.1. The van der Waals surface area contributed by atoms with Crippen LogP contribution in [-0.4, -0.2) is 18.1 Å². The summed E-state index contributed by atoms with van der Waals surface area (Å²) < 4.78 is 0. The van der Waals surface area contributed by atoms with E-state index < -0.39 is 0 Å². The molecule has 84 valence electrons. The van der Waals surface area contributed by atoms with Gasteiger partial charge in [0.05, 0.1) is 0 Å². The number of aromatic nitrogens is 1. The quantitative estimate of drug-likeness (QED) is 0.824. The molecule has 3 nitrogen and oxygen atoms in total. The van der Waals surface area contributed by atoms with Crippen molar-refractivity contribution in [2.45, 2.75) is 39.3 Å². The second kappa shape index (κ2) is 5.12. The average Bonchev–Trinajstić information content (AvgIpc) is 2.27. The molecular weight excluding hydrogens is 186 g/mol. The van der Waals surface area contributed by atoms with Gasteiger partial charge >= 0.3 is 0 Å². The minimum absolute atomic E-state index is 0.0560. The second-order valence-electron chi connectivity index (χ2n) is 4.11. The van der Waals surface area contributed by atoms with E-state index in [0.717, 1.165) is 17.8 Å². The van der Waals surface area contributed by atoms with Gasteiger partial charge in [-0.05, 0) is 31.9 Å². The normalized spacial score (nSPS) is 14.7. The molecule has 0 saturated heterocycles. The van der Waals surface area contributed by atoms with Crippen LogP contribution in [0.4, 0.5) is 5.82 Å². The summed E-state index contributed by atoms with van der Waals surface area (Å²) in [6.07, 6.45) is 2.98. The molecule has 0 aliphatic rings. The van der Waals surface area contributed by atoms with E-state index in [2.05, 4.69) is 30.8 Å². The highest BCUT2D eigenvalue weighted by atomic mass is 15.2. The number of nitrogens with zero attached hydrogens (tertiary/aromatic N) is 2. The predicted octanol–water partition coefficient (Wildman–Crippen LogP) is 2.34. The van der Waals surface area contributed by atoms with E-state index in [1.807, 2.05) is 25.3 Å². The van der Waals surface area contributed by atoms with Gasteiger partial charge in [-0.15, -0.1) is 0 Å². The summed E-state index contributed by atoms with van der Waals surface area (Å²) in [7, 11) is 2.07. The Kier molecular flexibility index (Phi) is 4.09. The number of pyridine rings is 1. The number of nitrogens with two attached hydrogens (primary N) is 1. The summed E-state index contributed by atoms with van der Waals surface area (Å²) in [5, 5.41) is 0. The fourth-order valence-corrected chi connectivity index (χ4v) is 1.38. The third-order valence-corrected chi connectivity index (χ3v) is 2.91. The lowest BCUT2D eigenvalue weighted by molar-refractivity contribution is 0.656. The zero-order valence-electron chi connectivity index (χ0n) is 10.1. The van der Waals surface area contributed by atoms with Crippen molar-refractivity contribution in [3.63, 3.8) is 0 Å². The van der Waals surface area contributed by atoms with Gasteiger partial charge in [-0.1, -0.05) is 13.0 Å². The van der Waals surface area contributed by atoms with Crippen LogP contribution in [0.1, 0.15) is 38.8 Å². The fourth-order valence-electron chi connectivity index (χ4n) is 1.38. The molecule has 15 heavy (non-hydrogen) atoms. The van der Waals surface area contributed by atoms with Crippen molar-refractivity contribution < 1.29 is 0 Å². The summed E-state index contributed by atoms with van der Waals surface area (Å²) in [6, 6.07) is 4.65. The molecule has 2 atom stereocenters. The van der Waals surface area contributed by atoms with Crippen LogP contribution < -0.4 is 10.6 Å². The van der Waals surface area contributed by atoms with E-state index in [1.165, 1.54) is 0 Å². The summed E-state index contributed by atoms with van der Waals surface area (Å²) in [5.74, 6) is 1.01. The van der Waals surface area contributed by atoms with Crippen LogP contribution in [0.5, 0.6) is 0 Å². The van der Waals surface area contributed by atoms with Gasteiger partial charge in [0.25, 0.3) is 0 Å². The topological polar surface area (TPSA) is 42.1 Å². The van der Waals surface area contributed by atoms with Gasteiger partial charge in [-0.25, -0.2) is 4.98 Å². The molecule has 3 heteroatoms. The van der Waals surface area contributed by atoms with Gasteiger partial charge in [0.1, 0.15) is 5.82 Å². The molecule has 0 saturated carbocycles. The number of hydrogen-bond acceptors (Lipinski definition) is 3. The Labute approximate surface area is 92.3 Å². The first-order valence-corrected chi connectivity index (χ1v) is 5.50. The van der Waals surface area contributed by atoms with Gasteiger partial charge in [0.15, 0.2) is 0 Å². The lowest BCUT2D eigenvalue weighted by Gasteiger charge is -2.25. The van der Waals surface area contributed by atoms with E-state index in [-0.39, 0.29) is 6.04 Å². The first kappa shape index (κ1) is 12.0. The minimum atomic E-state index is 0.0560. The Morgan fingerprint density at radius 2 is 2.07 bits per heavy atom. The Bertz CT molecular complexity index is 292. The summed E-state index contributed by atoms with van der Waals surface area (Å²) in [6.45, 7) is 6.34. The second-order valence-corrected chi connectivity index (χ2v) is 4.11. The van der Waals surface area contributed by atoms with E-state index in [9.17, 15) is 0 Å². The van der Waals surface area contributed by atoms with E-state index in [1.54, 1.807) is 0 Å². The van der Waals surface area contributed by atoms with E-state index in [4.69, 9.17) is 5.73 Å². The number of hydrogen-bond donors (Lipinski definition) is 1. The summed E-state index contributed by atoms with van der Waals surface area (Å²) >= 11 is 0. The molecule has 0 spiro atoms. The molecule has 0 fully saturated rings. The minimum Gasteiger partial charge on any atom is -0.357 e. The van der Waals surface area contributed by atoms with Crippen LogP contribution in [0.15, 0.2) is 18.3 Å². The standard InChI is InChI=1S/C12H21N3/c1-5-9(2)15(4)12-7-6-11(8-14-12)10(3)13/h6-10H,5,13H2,1-4H3. The molecule has 2 N–H and O–H groups in total. The highest BCUT2D eigenvalue weighted by Crippen LogP contribution is 2.16. The molecule has 1 aromatic rings. The zero-order chi connectivity index (χ0) is 11.4. The van der Waals surface area contributed by atoms with Gasteiger partial charge in [-0.3, -0.25) is 0 Å². The Hall–Kier alpha value is -1.09. The maximum atomic E-state index is 5.77. The fraction of sp³-hybridized carbons (Fsp3) is 0.583. The van der Waals surface area contributed by atoms with Crippen molar-refractivity contribution in [2.75, 3.05) is 11.9 Å². The molecule has 0 aromatic carbocycles. The zero-order valence-corrected chi connectivity index (χ0v) is 10.1. The van der Waals surface area contributed by atoms with Crippen LogP contribution in [0, 0.1) is 0 Å². The largest absolute Gasteiger partial charge is 0.357 e. The average molecular weight is 207 g/mol. The van der Waals surface area contributed by atoms with Crippen LogP contribution in [0.25, 0.3) is 0 Å².